The Morgan fingerprint density at radius 3 is 2.74 bits per heavy atom. The second-order valence-corrected chi connectivity index (χ2v) is 5.07. The first-order valence-electron chi connectivity index (χ1n) is 6.09. The molecular weight excluding hydrogens is 246 g/mol. The molecule has 1 aromatic heterocycles. The second kappa shape index (κ2) is 5.36. The summed E-state index contributed by atoms with van der Waals surface area (Å²) >= 11 is 0. The average Bonchev–Trinajstić information content (AvgIpc) is 2.77. The Morgan fingerprint density at radius 2 is 2.00 bits per heavy atom. The Labute approximate surface area is 111 Å². The molecule has 0 spiro atoms. The predicted molar refractivity (Wildman–Crippen MR) is 70.0 cm³/mol. The van der Waals surface area contributed by atoms with Crippen LogP contribution in [0.15, 0.2) is 24.3 Å². The molecule has 2 aromatic rings. The van der Waals surface area contributed by atoms with Crippen LogP contribution in [-0.2, 0) is 9.47 Å². The summed E-state index contributed by atoms with van der Waals surface area (Å²) in [6, 6.07) is 7.21. The van der Waals surface area contributed by atoms with Gasteiger partial charge in [-0.1, -0.05) is 17.3 Å². The van der Waals surface area contributed by atoms with E-state index in [1.165, 1.54) is 0 Å². The number of benzene rings is 1. The number of para-hydroxylation sites is 1. The van der Waals surface area contributed by atoms with Crippen LogP contribution in [-0.4, -0.2) is 39.9 Å². The van der Waals surface area contributed by atoms with Crippen molar-refractivity contribution in [3.8, 4) is 0 Å². The third-order valence-corrected chi connectivity index (χ3v) is 2.37. The summed E-state index contributed by atoms with van der Waals surface area (Å²) in [5.41, 5.74) is 1.04. The van der Waals surface area contributed by atoms with Gasteiger partial charge in [0.2, 0.25) is 0 Å². The molecule has 0 atom stereocenters. The first kappa shape index (κ1) is 13.5. The van der Waals surface area contributed by atoms with Crippen molar-refractivity contribution in [2.24, 2.45) is 0 Å². The van der Waals surface area contributed by atoms with Crippen molar-refractivity contribution in [1.29, 1.82) is 0 Å². The zero-order valence-electron chi connectivity index (χ0n) is 11.3. The van der Waals surface area contributed by atoms with Gasteiger partial charge in [0.05, 0.1) is 12.2 Å². The fourth-order valence-electron chi connectivity index (χ4n) is 1.54. The molecule has 2 rings (SSSR count). The molecule has 0 aliphatic rings. The van der Waals surface area contributed by atoms with Crippen LogP contribution in [0, 0.1) is 0 Å². The van der Waals surface area contributed by atoms with Crippen molar-refractivity contribution in [3.05, 3.63) is 24.3 Å². The average molecular weight is 263 g/mol. The van der Waals surface area contributed by atoms with Crippen LogP contribution in [0.25, 0.3) is 11.0 Å². The molecule has 0 amide bonds. The maximum Gasteiger partial charge on any atom is 0.436 e. The number of nitrogens with zero attached hydrogens (tertiary/aromatic N) is 3. The third-order valence-electron chi connectivity index (χ3n) is 2.37. The lowest BCUT2D eigenvalue weighted by molar-refractivity contribution is -0.0231. The fourth-order valence-corrected chi connectivity index (χ4v) is 1.54. The molecule has 0 unspecified atom stereocenters. The number of ether oxygens (including phenoxy) is 2. The first-order chi connectivity index (χ1) is 8.97. The summed E-state index contributed by atoms with van der Waals surface area (Å²) in [7, 11) is 0. The van der Waals surface area contributed by atoms with Crippen LogP contribution in [0.3, 0.4) is 0 Å². The van der Waals surface area contributed by atoms with Crippen molar-refractivity contribution < 1.29 is 14.3 Å². The fraction of sp³-hybridized carbons (Fsp3) is 0.462. The summed E-state index contributed by atoms with van der Waals surface area (Å²) < 4.78 is 11.7. The van der Waals surface area contributed by atoms with E-state index >= 15 is 0 Å². The molecule has 0 saturated carbocycles. The zero-order valence-corrected chi connectivity index (χ0v) is 11.3. The van der Waals surface area contributed by atoms with E-state index in [0.717, 1.165) is 4.68 Å². The van der Waals surface area contributed by atoms with E-state index < -0.39 is 6.09 Å². The Balaban J connectivity index is 1.93. The topological polar surface area (TPSA) is 66.2 Å². The molecule has 0 fully saturated rings. The molecule has 0 radical (unpaired) electrons. The van der Waals surface area contributed by atoms with Crippen LogP contribution in [0.1, 0.15) is 20.8 Å². The number of carbonyl (C=O) groups is 1. The van der Waals surface area contributed by atoms with E-state index in [2.05, 4.69) is 10.3 Å². The standard InChI is InChI=1S/C13H17N3O3/c1-13(2,3)19-9-8-18-12(17)16-11-7-5-4-6-10(11)14-15-16/h4-7H,8-9H2,1-3H3. The highest BCUT2D eigenvalue weighted by molar-refractivity contribution is 5.84. The Morgan fingerprint density at radius 1 is 1.26 bits per heavy atom. The van der Waals surface area contributed by atoms with Gasteiger partial charge >= 0.3 is 6.09 Å². The number of carbonyl (C=O) groups excluding carboxylic acids is 1. The van der Waals surface area contributed by atoms with Gasteiger partial charge in [-0.05, 0) is 32.9 Å². The molecule has 0 aliphatic carbocycles. The number of hydrogen-bond donors (Lipinski definition) is 0. The first-order valence-corrected chi connectivity index (χ1v) is 6.09. The SMILES string of the molecule is CC(C)(C)OCCOC(=O)n1nnc2ccccc21. The van der Waals surface area contributed by atoms with Crippen molar-refractivity contribution >= 4 is 17.1 Å². The molecule has 19 heavy (non-hydrogen) atoms. The largest absolute Gasteiger partial charge is 0.445 e. The number of aromatic nitrogens is 3. The van der Waals surface area contributed by atoms with E-state index in [9.17, 15) is 4.79 Å². The molecule has 1 aromatic carbocycles. The Bertz CT molecular complexity index is 572. The molecule has 6 heteroatoms. The van der Waals surface area contributed by atoms with Crippen LogP contribution in [0.4, 0.5) is 4.79 Å². The number of fused-ring (bicyclic) bond motifs is 1. The van der Waals surface area contributed by atoms with Crippen LogP contribution >= 0.6 is 0 Å². The number of hydrogen-bond acceptors (Lipinski definition) is 5. The van der Waals surface area contributed by atoms with Gasteiger partial charge in [0.25, 0.3) is 0 Å². The summed E-state index contributed by atoms with van der Waals surface area (Å²) in [5, 5.41) is 7.66. The van der Waals surface area contributed by atoms with Gasteiger partial charge in [0.1, 0.15) is 17.6 Å². The minimum atomic E-state index is -0.550. The molecule has 6 nitrogen and oxygen atoms in total. The highest BCUT2D eigenvalue weighted by Gasteiger charge is 2.14. The molecule has 0 bridgehead atoms. The second-order valence-electron chi connectivity index (χ2n) is 5.07. The molecule has 0 N–H and O–H groups in total. The minimum absolute atomic E-state index is 0.185. The predicted octanol–water partition coefficient (Wildman–Crippen LogP) is 2.23. The highest BCUT2D eigenvalue weighted by Crippen LogP contribution is 2.10. The molecule has 102 valence electrons. The van der Waals surface area contributed by atoms with Crippen LogP contribution < -0.4 is 0 Å². The van der Waals surface area contributed by atoms with Gasteiger partial charge in [-0.25, -0.2) is 4.79 Å². The van der Waals surface area contributed by atoms with Crippen molar-refractivity contribution in [3.63, 3.8) is 0 Å². The maximum absolute atomic E-state index is 11.8. The van der Waals surface area contributed by atoms with E-state index in [4.69, 9.17) is 9.47 Å². The lowest BCUT2D eigenvalue weighted by atomic mass is 10.2. The lowest BCUT2D eigenvalue weighted by Crippen LogP contribution is -2.24. The Kier molecular flexibility index (Phi) is 3.80. The smallest absolute Gasteiger partial charge is 0.436 e. The normalized spacial score (nSPS) is 11.7. The molecule has 0 saturated heterocycles. The number of rotatable bonds is 3. The van der Waals surface area contributed by atoms with E-state index in [-0.39, 0.29) is 12.2 Å². The van der Waals surface area contributed by atoms with E-state index in [1.54, 1.807) is 12.1 Å². The highest BCUT2D eigenvalue weighted by atomic mass is 16.6. The Hall–Kier alpha value is -1.95. The summed E-state index contributed by atoms with van der Waals surface area (Å²) in [6.07, 6.45) is -0.550. The van der Waals surface area contributed by atoms with Gasteiger partial charge < -0.3 is 9.47 Å². The monoisotopic (exact) mass is 263 g/mol. The van der Waals surface area contributed by atoms with Crippen LogP contribution in [0.2, 0.25) is 0 Å². The van der Waals surface area contributed by atoms with Gasteiger partial charge in [-0.15, -0.1) is 9.78 Å². The lowest BCUT2D eigenvalue weighted by Gasteiger charge is -2.19. The van der Waals surface area contributed by atoms with Gasteiger partial charge in [-0.3, -0.25) is 0 Å². The van der Waals surface area contributed by atoms with Crippen molar-refractivity contribution in [1.82, 2.24) is 15.0 Å². The summed E-state index contributed by atoms with van der Waals surface area (Å²) in [6.45, 7) is 6.37. The van der Waals surface area contributed by atoms with Gasteiger partial charge in [0, 0.05) is 0 Å². The summed E-state index contributed by atoms with van der Waals surface area (Å²) in [4.78, 5) is 11.8. The molecule has 1 heterocycles. The maximum atomic E-state index is 11.8. The van der Waals surface area contributed by atoms with E-state index in [1.807, 2.05) is 32.9 Å². The zero-order chi connectivity index (χ0) is 13.9. The van der Waals surface area contributed by atoms with Crippen molar-refractivity contribution in [2.75, 3.05) is 13.2 Å². The van der Waals surface area contributed by atoms with Gasteiger partial charge in [-0.2, -0.15) is 0 Å². The van der Waals surface area contributed by atoms with Crippen molar-refractivity contribution in [2.45, 2.75) is 26.4 Å². The molecule has 0 aliphatic heterocycles. The molecular formula is C13H17N3O3. The summed E-state index contributed by atoms with van der Waals surface area (Å²) in [5.74, 6) is 0. The minimum Gasteiger partial charge on any atom is -0.445 e. The third kappa shape index (κ3) is 3.51. The quantitative estimate of drug-likeness (QED) is 0.794. The van der Waals surface area contributed by atoms with Crippen LogP contribution in [0.5, 0.6) is 0 Å². The van der Waals surface area contributed by atoms with Gasteiger partial charge in [0.15, 0.2) is 0 Å². The van der Waals surface area contributed by atoms with E-state index in [0.29, 0.717) is 17.6 Å².